The van der Waals surface area contributed by atoms with Crippen molar-refractivity contribution in [1.82, 2.24) is 5.32 Å². The number of benzene rings is 2. The summed E-state index contributed by atoms with van der Waals surface area (Å²) in [5.41, 5.74) is 0.971. The van der Waals surface area contributed by atoms with E-state index in [0.29, 0.717) is 11.4 Å². The summed E-state index contributed by atoms with van der Waals surface area (Å²) < 4.78 is 10.6. The number of carbonyl (C=O) groups is 3. The zero-order valence-electron chi connectivity index (χ0n) is 18.0. The lowest BCUT2D eigenvalue weighted by Gasteiger charge is -2.29. The summed E-state index contributed by atoms with van der Waals surface area (Å²) in [5.74, 6) is -2.35. The third kappa shape index (κ3) is 3.20. The van der Waals surface area contributed by atoms with Gasteiger partial charge in [0, 0.05) is 12.1 Å². The Balaban J connectivity index is 1.83. The van der Waals surface area contributed by atoms with Crippen molar-refractivity contribution < 1.29 is 23.9 Å². The van der Waals surface area contributed by atoms with Crippen molar-refractivity contribution in [1.29, 1.82) is 0 Å². The average molecular weight is 422 g/mol. The smallest absolute Gasteiger partial charge is 0.326 e. The van der Waals surface area contributed by atoms with Crippen molar-refractivity contribution in [3.05, 3.63) is 59.7 Å². The fourth-order valence-electron chi connectivity index (χ4n) is 4.81. The van der Waals surface area contributed by atoms with Crippen LogP contribution in [0.5, 0.6) is 5.75 Å². The molecule has 0 aliphatic carbocycles. The van der Waals surface area contributed by atoms with Crippen LogP contribution < -0.4 is 15.0 Å². The Labute approximate surface area is 181 Å². The molecule has 0 saturated carbocycles. The van der Waals surface area contributed by atoms with E-state index in [-0.39, 0.29) is 12.5 Å². The Morgan fingerprint density at radius 2 is 1.87 bits per heavy atom. The molecule has 7 nitrogen and oxygen atoms in total. The maximum Gasteiger partial charge on any atom is 0.326 e. The topological polar surface area (TPSA) is 84.9 Å². The van der Waals surface area contributed by atoms with Crippen LogP contribution in [0.25, 0.3) is 0 Å². The molecule has 2 heterocycles. The third-order valence-corrected chi connectivity index (χ3v) is 6.32. The van der Waals surface area contributed by atoms with Crippen LogP contribution in [0.4, 0.5) is 5.69 Å². The van der Waals surface area contributed by atoms with E-state index in [9.17, 15) is 14.4 Å². The minimum atomic E-state index is -1.33. The molecule has 4 atom stereocenters. The molecule has 31 heavy (non-hydrogen) atoms. The van der Waals surface area contributed by atoms with Gasteiger partial charge in [0.25, 0.3) is 0 Å². The number of hydrogen-bond donors (Lipinski definition) is 1. The minimum absolute atomic E-state index is 0.185. The summed E-state index contributed by atoms with van der Waals surface area (Å²) >= 11 is 0. The van der Waals surface area contributed by atoms with E-state index < -0.39 is 35.3 Å². The van der Waals surface area contributed by atoms with Gasteiger partial charge in [0.1, 0.15) is 11.3 Å². The second kappa shape index (κ2) is 7.81. The van der Waals surface area contributed by atoms with Crippen LogP contribution in [0, 0.1) is 18.8 Å². The first-order valence-corrected chi connectivity index (χ1v) is 10.4. The van der Waals surface area contributed by atoms with E-state index in [1.165, 1.54) is 12.0 Å². The highest BCUT2D eigenvalue weighted by Crippen LogP contribution is 2.50. The first kappa shape index (κ1) is 21.1. The van der Waals surface area contributed by atoms with Gasteiger partial charge in [-0.25, -0.2) is 4.90 Å². The summed E-state index contributed by atoms with van der Waals surface area (Å²) in [6, 6.07) is 14.0. The predicted octanol–water partition coefficient (Wildman–Crippen LogP) is 2.78. The number of amides is 2. The van der Waals surface area contributed by atoms with Crippen LogP contribution in [0.1, 0.15) is 31.0 Å². The van der Waals surface area contributed by atoms with E-state index in [0.717, 1.165) is 11.1 Å². The second-order valence-corrected chi connectivity index (χ2v) is 8.12. The Hall–Kier alpha value is -3.19. The maximum absolute atomic E-state index is 13.6. The van der Waals surface area contributed by atoms with Crippen LogP contribution >= 0.6 is 0 Å². The Morgan fingerprint density at radius 3 is 2.55 bits per heavy atom. The lowest BCUT2D eigenvalue weighted by molar-refractivity contribution is -0.153. The number of rotatable bonds is 5. The molecule has 2 amide bonds. The lowest BCUT2D eigenvalue weighted by atomic mass is 9.80. The van der Waals surface area contributed by atoms with Gasteiger partial charge in [-0.15, -0.1) is 0 Å². The van der Waals surface area contributed by atoms with Crippen molar-refractivity contribution in [2.75, 3.05) is 18.6 Å². The van der Waals surface area contributed by atoms with Crippen molar-refractivity contribution in [3.63, 3.8) is 0 Å². The molecule has 162 valence electrons. The van der Waals surface area contributed by atoms with Crippen molar-refractivity contribution in [2.24, 2.45) is 11.8 Å². The van der Waals surface area contributed by atoms with Crippen LogP contribution in [0.15, 0.2) is 48.5 Å². The maximum atomic E-state index is 13.6. The van der Waals surface area contributed by atoms with Crippen LogP contribution in [-0.2, 0) is 19.1 Å². The average Bonchev–Trinajstić information content (AvgIpc) is 3.22. The number of fused-ring (bicyclic) bond motifs is 1. The number of nitrogens with one attached hydrogen (secondary N) is 1. The van der Waals surface area contributed by atoms with Gasteiger partial charge in [-0.05, 0) is 44.0 Å². The van der Waals surface area contributed by atoms with E-state index in [1.54, 1.807) is 38.1 Å². The quantitative estimate of drug-likeness (QED) is 0.589. The molecule has 2 aliphatic rings. The highest BCUT2D eigenvalue weighted by Gasteiger charge is 2.67. The molecule has 0 radical (unpaired) electrons. The SMILES string of the molecule is CCOC(=O)[C@]1(C)N[C@H](c2ccccc2C)[C@@H]2C(=O)N(c3cccc(OC)c3)C(=O)[C@H]21. The van der Waals surface area contributed by atoms with Gasteiger partial charge in [-0.2, -0.15) is 0 Å². The second-order valence-electron chi connectivity index (χ2n) is 8.12. The molecule has 0 spiro atoms. The first-order valence-electron chi connectivity index (χ1n) is 10.4. The number of anilines is 1. The van der Waals surface area contributed by atoms with Crippen molar-refractivity contribution >= 4 is 23.5 Å². The van der Waals surface area contributed by atoms with Crippen molar-refractivity contribution in [3.8, 4) is 5.75 Å². The summed E-state index contributed by atoms with van der Waals surface area (Å²) in [4.78, 5) is 41.4. The molecule has 1 N–H and O–H groups in total. The number of aryl methyl sites for hydroxylation is 1. The summed E-state index contributed by atoms with van der Waals surface area (Å²) in [5, 5.41) is 3.30. The molecule has 2 saturated heterocycles. The zero-order chi connectivity index (χ0) is 22.3. The summed E-state index contributed by atoms with van der Waals surface area (Å²) in [6.45, 7) is 5.51. The van der Waals surface area contributed by atoms with Gasteiger partial charge < -0.3 is 9.47 Å². The predicted molar refractivity (Wildman–Crippen MR) is 115 cm³/mol. The number of carbonyl (C=O) groups excluding carboxylic acids is 3. The number of hydrogen-bond acceptors (Lipinski definition) is 6. The van der Waals surface area contributed by atoms with E-state index in [4.69, 9.17) is 9.47 Å². The van der Waals surface area contributed by atoms with Gasteiger partial charge >= 0.3 is 5.97 Å². The molecule has 7 heteroatoms. The van der Waals surface area contributed by atoms with E-state index in [1.807, 2.05) is 31.2 Å². The molecule has 2 aromatic rings. The number of imide groups is 1. The van der Waals surface area contributed by atoms with Crippen molar-refractivity contribution in [2.45, 2.75) is 32.4 Å². The molecule has 4 rings (SSSR count). The van der Waals surface area contributed by atoms with Crippen LogP contribution in [-0.4, -0.2) is 37.0 Å². The molecule has 2 aliphatic heterocycles. The van der Waals surface area contributed by atoms with Gasteiger partial charge in [-0.3, -0.25) is 19.7 Å². The van der Waals surface area contributed by atoms with Gasteiger partial charge in [0.05, 0.1) is 31.2 Å². The minimum Gasteiger partial charge on any atom is -0.497 e. The molecule has 0 bridgehead atoms. The normalized spacial score (nSPS) is 27.4. The van der Waals surface area contributed by atoms with Crippen LogP contribution in [0.2, 0.25) is 0 Å². The zero-order valence-corrected chi connectivity index (χ0v) is 18.0. The largest absolute Gasteiger partial charge is 0.497 e. The molecular formula is C24H26N2O5. The number of methoxy groups -OCH3 is 1. The highest BCUT2D eigenvalue weighted by molar-refractivity contribution is 6.24. The highest BCUT2D eigenvalue weighted by atomic mass is 16.5. The van der Waals surface area contributed by atoms with Crippen LogP contribution in [0.3, 0.4) is 0 Å². The number of esters is 1. The van der Waals surface area contributed by atoms with Gasteiger partial charge in [0.15, 0.2) is 0 Å². The molecule has 2 aromatic carbocycles. The Kier molecular flexibility index (Phi) is 5.31. The van der Waals surface area contributed by atoms with E-state index in [2.05, 4.69) is 5.32 Å². The molecule has 0 aromatic heterocycles. The molecular weight excluding hydrogens is 396 g/mol. The standard InChI is InChI=1S/C24H26N2O5/c1-5-31-23(29)24(3)19-18(20(25-24)17-12-7-6-9-14(17)2)21(27)26(22(19)28)15-10-8-11-16(13-15)30-4/h6-13,18-20,25H,5H2,1-4H3/t18-,19+,20-,24-/m1/s1. The first-order chi connectivity index (χ1) is 14.8. The van der Waals surface area contributed by atoms with Gasteiger partial charge in [-0.1, -0.05) is 30.3 Å². The fraction of sp³-hybridized carbons (Fsp3) is 0.375. The summed E-state index contributed by atoms with van der Waals surface area (Å²) in [6.07, 6.45) is 0. The molecule has 0 unspecified atom stereocenters. The Bertz CT molecular complexity index is 1050. The lowest BCUT2D eigenvalue weighted by Crippen LogP contribution is -2.54. The third-order valence-electron chi connectivity index (χ3n) is 6.32. The molecule has 2 fully saturated rings. The monoisotopic (exact) mass is 422 g/mol. The fourth-order valence-corrected chi connectivity index (χ4v) is 4.81. The number of nitrogens with zero attached hydrogens (tertiary/aromatic N) is 1. The van der Waals surface area contributed by atoms with Gasteiger partial charge in [0.2, 0.25) is 11.8 Å². The summed E-state index contributed by atoms with van der Waals surface area (Å²) in [7, 11) is 1.53. The van der Waals surface area contributed by atoms with E-state index >= 15 is 0 Å². The Morgan fingerprint density at radius 1 is 1.13 bits per heavy atom. The number of ether oxygens (including phenoxy) is 2.